The second-order valence-electron chi connectivity index (χ2n) is 3.84. The molecule has 0 bridgehead atoms. The van der Waals surface area contributed by atoms with E-state index in [0.717, 1.165) is 0 Å². The maximum Gasteiger partial charge on any atom is 0.514 e. The minimum absolute atomic E-state index is 0.0972. The molecule has 0 aliphatic carbocycles. The lowest BCUT2D eigenvalue weighted by atomic mass is 10.2. The second kappa shape index (κ2) is 6.33. The smallest absolute Gasteiger partial charge is 0.429 e. The van der Waals surface area contributed by atoms with Gasteiger partial charge in [0.2, 0.25) is 0 Å². The molecule has 20 heavy (non-hydrogen) atoms. The molecule has 2 rings (SSSR count). The van der Waals surface area contributed by atoms with Crippen molar-refractivity contribution >= 4 is 11.8 Å². The standard InChI is InChI=1S/C14H11NO5/c16-14(20-12-7-2-1-3-8-12)19-10-11-6-4-5-9-13(11)15(17)18/h1-9H,10H2. The Hall–Kier alpha value is -2.89. The molecule has 0 saturated heterocycles. The molecule has 0 amide bonds. The van der Waals surface area contributed by atoms with Crippen molar-refractivity contribution in [3.63, 3.8) is 0 Å². The van der Waals surface area contributed by atoms with Crippen molar-refractivity contribution in [2.24, 2.45) is 0 Å². The van der Waals surface area contributed by atoms with E-state index >= 15 is 0 Å². The predicted octanol–water partition coefficient (Wildman–Crippen LogP) is 3.31. The van der Waals surface area contributed by atoms with Crippen LogP contribution in [0.3, 0.4) is 0 Å². The Morgan fingerprint density at radius 3 is 2.40 bits per heavy atom. The number of hydrogen-bond donors (Lipinski definition) is 0. The second-order valence-corrected chi connectivity index (χ2v) is 3.84. The van der Waals surface area contributed by atoms with Gasteiger partial charge in [-0.3, -0.25) is 10.1 Å². The van der Waals surface area contributed by atoms with Gasteiger partial charge in [-0.25, -0.2) is 4.79 Å². The first-order chi connectivity index (χ1) is 9.66. The van der Waals surface area contributed by atoms with Crippen LogP contribution in [0.1, 0.15) is 5.56 Å². The van der Waals surface area contributed by atoms with Crippen LogP contribution in [-0.4, -0.2) is 11.1 Å². The normalized spacial score (nSPS) is 9.80. The molecule has 6 nitrogen and oxygen atoms in total. The van der Waals surface area contributed by atoms with E-state index in [1.807, 2.05) is 0 Å². The van der Waals surface area contributed by atoms with Crippen LogP contribution in [0.5, 0.6) is 5.75 Å². The molecule has 0 aromatic heterocycles. The quantitative estimate of drug-likeness (QED) is 0.369. The van der Waals surface area contributed by atoms with Crippen molar-refractivity contribution in [1.82, 2.24) is 0 Å². The summed E-state index contributed by atoms with van der Waals surface area (Å²) < 4.78 is 9.76. The van der Waals surface area contributed by atoms with Crippen molar-refractivity contribution in [1.29, 1.82) is 0 Å². The van der Waals surface area contributed by atoms with Crippen LogP contribution in [0.2, 0.25) is 0 Å². The molecule has 0 spiro atoms. The van der Waals surface area contributed by atoms with Crippen LogP contribution in [-0.2, 0) is 11.3 Å². The summed E-state index contributed by atoms with van der Waals surface area (Å²) in [6.07, 6.45) is -0.908. The Kier molecular flexibility index (Phi) is 4.28. The molecule has 0 fully saturated rings. The Labute approximate surface area is 114 Å². The zero-order chi connectivity index (χ0) is 14.4. The lowest BCUT2D eigenvalue weighted by Crippen LogP contribution is -2.11. The van der Waals surface area contributed by atoms with Gasteiger partial charge in [-0.2, -0.15) is 0 Å². The number of nitrogens with zero attached hydrogens (tertiary/aromatic N) is 1. The van der Waals surface area contributed by atoms with Crippen molar-refractivity contribution in [2.45, 2.75) is 6.61 Å². The summed E-state index contributed by atoms with van der Waals surface area (Å²) in [4.78, 5) is 21.7. The highest BCUT2D eigenvalue weighted by Crippen LogP contribution is 2.19. The lowest BCUT2D eigenvalue weighted by molar-refractivity contribution is -0.385. The van der Waals surface area contributed by atoms with Gasteiger partial charge in [-0.15, -0.1) is 0 Å². The van der Waals surface area contributed by atoms with Gasteiger partial charge in [0.05, 0.1) is 10.5 Å². The number of para-hydroxylation sites is 2. The van der Waals surface area contributed by atoms with E-state index < -0.39 is 11.1 Å². The molecule has 6 heteroatoms. The third kappa shape index (κ3) is 3.55. The van der Waals surface area contributed by atoms with Crippen LogP contribution in [0.15, 0.2) is 54.6 Å². The van der Waals surface area contributed by atoms with Crippen LogP contribution in [0.25, 0.3) is 0 Å². The van der Waals surface area contributed by atoms with E-state index in [-0.39, 0.29) is 12.3 Å². The highest BCUT2D eigenvalue weighted by Gasteiger charge is 2.14. The molecule has 0 saturated carbocycles. The van der Waals surface area contributed by atoms with Crippen LogP contribution >= 0.6 is 0 Å². The Morgan fingerprint density at radius 2 is 1.70 bits per heavy atom. The van der Waals surface area contributed by atoms with E-state index in [4.69, 9.17) is 9.47 Å². The SMILES string of the molecule is O=C(OCc1ccccc1[N+](=O)[O-])Oc1ccccc1. The molecule has 0 unspecified atom stereocenters. The summed E-state index contributed by atoms with van der Waals surface area (Å²) in [5.41, 5.74) is 0.211. The number of hydrogen-bond acceptors (Lipinski definition) is 5. The minimum Gasteiger partial charge on any atom is -0.429 e. The number of nitro groups is 1. The summed E-state index contributed by atoms with van der Waals surface area (Å²) in [7, 11) is 0. The van der Waals surface area contributed by atoms with Crippen molar-refractivity contribution < 1.29 is 19.2 Å². The molecular weight excluding hydrogens is 262 g/mol. The number of ether oxygens (including phenoxy) is 2. The fourth-order valence-corrected chi connectivity index (χ4v) is 1.56. The first-order valence-corrected chi connectivity index (χ1v) is 5.79. The summed E-state index contributed by atoms with van der Waals surface area (Å²) in [6.45, 7) is -0.219. The van der Waals surface area contributed by atoms with E-state index in [9.17, 15) is 14.9 Å². The molecule has 0 aliphatic rings. The number of nitro benzene ring substituents is 1. The highest BCUT2D eigenvalue weighted by atomic mass is 16.7. The van der Waals surface area contributed by atoms with Crippen LogP contribution in [0, 0.1) is 10.1 Å². The monoisotopic (exact) mass is 273 g/mol. The third-order valence-electron chi connectivity index (χ3n) is 2.48. The van der Waals surface area contributed by atoms with E-state index in [2.05, 4.69) is 0 Å². The topological polar surface area (TPSA) is 78.7 Å². The molecule has 0 radical (unpaired) electrons. The Morgan fingerprint density at radius 1 is 1.05 bits per heavy atom. The summed E-state index contributed by atoms with van der Waals surface area (Å²) in [6, 6.07) is 14.5. The fraction of sp³-hybridized carbons (Fsp3) is 0.0714. The summed E-state index contributed by atoms with van der Waals surface area (Å²) in [5.74, 6) is 0.347. The maximum absolute atomic E-state index is 11.5. The predicted molar refractivity (Wildman–Crippen MR) is 70.4 cm³/mol. The Balaban J connectivity index is 1.96. The van der Waals surface area contributed by atoms with Crippen molar-refractivity contribution in [2.75, 3.05) is 0 Å². The molecule has 0 atom stereocenters. The summed E-state index contributed by atoms with van der Waals surface area (Å²) in [5, 5.41) is 10.8. The van der Waals surface area contributed by atoms with Gasteiger partial charge in [-0.1, -0.05) is 30.3 Å². The highest BCUT2D eigenvalue weighted by molar-refractivity contribution is 5.63. The van der Waals surface area contributed by atoms with Crippen LogP contribution in [0.4, 0.5) is 10.5 Å². The first kappa shape index (κ1) is 13.5. The maximum atomic E-state index is 11.5. The largest absolute Gasteiger partial charge is 0.514 e. The molecule has 0 N–H and O–H groups in total. The van der Waals surface area contributed by atoms with Crippen molar-refractivity contribution in [3.8, 4) is 5.75 Å². The van der Waals surface area contributed by atoms with E-state index in [0.29, 0.717) is 11.3 Å². The molecule has 0 aliphatic heterocycles. The molecule has 2 aromatic rings. The first-order valence-electron chi connectivity index (χ1n) is 5.79. The number of rotatable bonds is 4. The van der Waals surface area contributed by atoms with Gasteiger partial charge in [-0.05, 0) is 18.2 Å². The number of carbonyl (C=O) groups is 1. The number of carbonyl (C=O) groups excluding carboxylic acids is 1. The average molecular weight is 273 g/mol. The summed E-state index contributed by atoms with van der Waals surface area (Å²) >= 11 is 0. The average Bonchev–Trinajstić information content (AvgIpc) is 2.46. The van der Waals surface area contributed by atoms with E-state index in [1.54, 1.807) is 42.5 Å². The lowest BCUT2D eigenvalue weighted by Gasteiger charge is -2.06. The molecule has 0 heterocycles. The van der Waals surface area contributed by atoms with Gasteiger partial charge in [0.25, 0.3) is 5.69 Å². The molecular formula is C14H11NO5. The van der Waals surface area contributed by atoms with Gasteiger partial charge in [0.1, 0.15) is 12.4 Å². The van der Waals surface area contributed by atoms with E-state index in [1.165, 1.54) is 12.1 Å². The zero-order valence-corrected chi connectivity index (χ0v) is 10.4. The zero-order valence-electron chi connectivity index (χ0n) is 10.4. The Bertz CT molecular complexity index is 612. The molecule has 102 valence electrons. The van der Waals surface area contributed by atoms with Gasteiger partial charge in [0.15, 0.2) is 0 Å². The fourth-order valence-electron chi connectivity index (χ4n) is 1.56. The van der Waals surface area contributed by atoms with Gasteiger partial charge in [0, 0.05) is 6.07 Å². The van der Waals surface area contributed by atoms with Gasteiger partial charge < -0.3 is 9.47 Å². The van der Waals surface area contributed by atoms with Crippen molar-refractivity contribution in [3.05, 3.63) is 70.3 Å². The number of benzene rings is 2. The van der Waals surface area contributed by atoms with Gasteiger partial charge >= 0.3 is 6.16 Å². The van der Waals surface area contributed by atoms with Crippen LogP contribution < -0.4 is 4.74 Å². The third-order valence-corrected chi connectivity index (χ3v) is 2.48. The minimum atomic E-state index is -0.908. The molecule has 2 aromatic carbocycles.